The summed E-state index contributed by atoms with van der Waals surface area (Å²) in [7, 11) is 0. The van der Waals surface area contributed by atoms with Crippen LogP contribution in [0.5, 0.6) is 0 Å². The largest absolute Gasteiger partial charge is 0.0888 e. The van der Waals surface area contributed by atoms with E-state index in [1.165, 1.54) is 51.4 Å². The molecule has 0 bridgehead atoms. The quantitative estimate of drug-likeness (QED) is 0.638. The molecule has 1 heteroatoms. The van der Waals surface area contributed by atoms with Gasteiger partial charge < -0.3 is 0 Å². The maximum atomic E-state index is 3.84. The van der Waals surface area contributed by atoms with Gasteiger partial charge in [-0.2, -0.15) is 0 Å². The first-order valence-corrected chi connectivity index (χ1v) is 7.31. The van der Waals surface area contributed by atoms with Crippen LogP contribution in [0.2, 0.25) is 0 Å². The van der Waals surface area contributed by atoms with E-state index in [1.54, 1.807) is 0 Å². The molecule has 14 heavy (non-hydrogen) atoms. The Labute approximate surface area is 97.0 Å². The molecule has 1 unspecified atom stereocenters. The maximum Gasteiger partial charge on any atom is 0.0174 e. The molecule has 2 aliphatic carbocycles. The van der Waals surface area contributed by atoms with E-state index < -0.39 is 0 Å². The van der Waals surface area contributed by atoms with Crippen molar-refractivity contribution in [1.29, 1.82) is 0 Å². The first-order chi connectivity index (χ1) is 6.75. The van der Waals surface area contributed by atoms with Crippen molar-refractivity contribution >= 4 is 15.9 Å². The number of halogens is 1. The van der Waals surface area contributed by atoms with Crippen LogP contribution in [0.15, 0.2) is 0 Å². The van der Waals surface area contributed by atoms with E-state index in [9.17, 15) is 0 Å². The van der Waals surface area contributed by atoms with Gasteiger partial charge in [-0.1, -0.05) is 48.5 Å². The molecule has 0 amide bonds. The summed E-state index contributed by atoms with van der Waals surface area (Å²) in [6.07, 6.45) is 11.9. The Morgan fingerprint density at radius 2 is 1.71 bits per heavy atom. The molecule has 0 saturated heterocycles. The molecule has 0 aromatic carbocycles. The highest BCUT2D eigenvalue weighted by atomic mass is 79.9. The molecule has 2 saturated carbocycles. The molecular formula is C13H23Br. The van der Waals surface area contributed by atoms with Crippen LogP contribution in [0.25, 0.3) is 0 Å². The third-order valence-electron chi connectivity index (χ3n) is 4.12. The van der Waals surface area contributed by atoms with Crippen molar-refractivity contribution in [3.05, 3.63) is 0 Å². The molecule has 0 aromatic rings. The Morgan fingerprint density at radius 3 is 2.29 bits per heavy atom. The zero-order valence-electron chi connectivity index (χ0n) is 9.34. The fourth-order valence-corrected chi connectivity index (χ4v) is 3.50. The summed E-state index contributed by atoms with van der Waals surface area (Å²) in [5, 5.41) is 0. The summed E-state index contributed by atoms with van der Waals surface area (Å²) in [5.74, 6) is 3.11. The van der Waals surface area contributed by atoms with Crippen LogP contribution in [0.1, 0.15) is 58.3 Å². The molecule has 0 radical (unpaired) electrons. The van der Waals surface area contributed by atoms with Gasteiger partial charge in [0.15, 0.2) is 0 Å². The minimum atomic E-state index is 0.849. The summed E-state index contributed by atoms with van der Waals surface area (Å²) in [5.41, 5.74) is 0. The Kier molecular flexibility index (Phi) is 3.93. The van der Waals surface area contributed by atoms with Gasteiger partial charge in [0.05, 0.1) is 0 Å². The normalized spacial score (nSPS) is 35.6. The Balaban J connectivity index is 1.60. The van der Waals surface area contributed by atoms with E-state index in [0.29, 0.717) is 0 Å². The van der Waals surface area contributed by atoms with Gasteiger partial charge in [0.1, 0.15) is 0 Å². The van der Waals surface area contributed by atoms with Crippen LogP contribution in [0, 0.1) is 17.8 Å². The standard InChI is InChI=1S/C13H23Br/c1-10-2-4-11(5-3-10)6-9-13(14)12-7-8-12/h10-13H,2-9H2,1H3. The van der Waals surface area contributed by atoms with Crippen LogP contribution in [0.4, 0.5) is 0 Å². The van der Waals surface area contributed by atoms with Crippen LogP contribution in [0.3, 0.4) is 0 Å². The van der Waals surface area contributed by atoms with Gasteiger partial charge in [-0.05, 0) is 43.4 Å². The van der Waals surface area contributed by atoms with Crippen LogP contribution >= 0.6 is 15.9 Å². The first kappa shape index (κ1) is 11.0. The third kappa shape index (κ3) is 3.25. The molecule has 0 nitrogen and oxygen atoms in total. The van der Waals surface area contributed by atoms with Gasteiger partial charge in [-0.15, -0.1) is 0 Å². The van der Waals surface area contributed by atoms with Crippen molar-refractivity contribution in [3.63, 3.8) is 0 Å². The van der Waals surface area contributed by atoms with Gasteiger partial charge in [0.25, 0.3) is 0 Å². The van der Waals surface area contributed by atoms with Crippen molar-refractivity contribution in [2.24, 2.45) is 17.8 Å². The van der Waals surface area contributed by atoms with Crippen molar-refractivity contribution < 1.29 is 0 Å². The molecule has 1 atom stereocenters. The summed E-state index contributed by atoms with van der Waals surface area (Å²) >= 11 is 3.84. The molecule has 82 valence electrons. The van der Waals surface area contributed by atoms with Gasteiger partial charge in [0, 0.05) is 4.83 Å². The highest BCUT2D eigenvalue weighted by Crippen LogP contribution is 2.40. The predicted molar refractivity (Wildman–Crippen MR) is 65.8 cm³/mol. The first-order valence-electron chi connectivity index (χ1n) is 6.39. The summed E-state index contributed by atoms with van der Waals surface area (Å²) in [4.78, 5) is 0.849. The maximum absolute atomic E-state index is 3.84. The van der Waals surface area contributed by atoms with Gasteiger partial charge >= 0.3 is 0 Å². The summed E-state index contributed by atoms with van der Waals surface area (Å²) < 4.78 is 0. The zero-order chi connectivity index (χ0) is 9.97. The second kappa shape index (κ2) is 5.01. The summed E-state index contributed by atoms with van der Waals surface area (Å²) in [6, 6.07) is 0. The van der Waals surface area contributed by atoms with Crippen LogP contribution in [-0.2, 0) is 0 Å². The summed E-state index contributed by atoms with van der Waals surface area (Å²) in [6.45, 7) is 2.41. The van der Waals surface area contributed by atoms with Crippen molar-refractivity contribution in [2.75, 3.05) is 0 Å². The van der Waals surface area contributed by atoms with Crippen LogP contribution < -0.4 is 0 Å². The molecule has 0 aromatic heterocycles. The Morgan fingerprint density at radius 1 is 1.07 bits per heavy atom. The molecule has 2 fully saturated rings. The fraction of sp³-hybridized carbons (Fsp3) is 1.00. The second-order valence-corrected chi connectivity index (χ2v) is 6.73. The lowest BCUT2D eigenvalue weighted by Crippen LogP contribution is -2.14. The Hall–Kier alpha value is 0.480. The van der Waals surface area contributed by atoms with Crippen molar-refractivity contribution in [1.82, 2.24) is 0 Å². The van der Waals surface area contributed by atoms with Crippen molar-refractivity contribution in [2.45, 2.75) is 63.1 Å². The number of hydrogen-bond donors (Lipinski definition) is 0. The second-order valence-electron chi connectivity index (χ2n) is 5.56. The lowest BCUT2D eigenvalue weighted by atomic mass is 9.80. The topological polar surface area (TPSA) is 0 Å². The highest BCUT2D eigenvalue weighted by Gasteiger charge is 2.29. The minimum absolute atomic E-state index is 0.849. The smallest absolute Gasteiger partial charge is 0.0174 e. The average Bonchev–Trinajstić information content (AvgIpc) is 3.00. The molecule has 0 spiro atoms. The van der Waals surface area contributed by atoms with E-state index in [2.05, 4.69) is 22.9 Å². The molecule has 2 rings (SSSR count). The van der Waals surface area contributed by atoms with Gasteiger partial charge in [-0.3, -0.25) is 0 Å². The molecule has 0 heterocycles. The van der Waals surface area contributed by atoms with E-state index >= 15 is 0 Å². The Bertz CT molecular complexity index is 166. The predicted octanol–water partition coefficient (Wildman–Crippen LogP) is 4.77. The minimum Gasteiger partial charge on any atom is -0.0888 e. The number of hydrogen-bond acceptors (Lipinski definition) is 0. The molecule has 0 aliphatic heterocycles. The van der Waals surface area contributed by atoms with E-state index in [-0.39, 0.29) is 0 Å². The highest BCUT2D eigenvalue weighted by molar-refractivity contribution is 9.09. The van der Waals surface area contributed by atoms with E-state index in [0.717, 1.165) is 22.6 Å². The lowest BCUT2D eigenvalue weighted by Gasteiger charge is -2.26. The third-order valence-corrected chi connectivity index (χ3v) is 5.33. The van der Waals surface area contributed by atoms with E-state index in [4.69, 9.17) is 0 Å². The molecular weight excluding hydrogens is 236 g/mol. The molecule has 0 N–H and O–H groups in total. The van der Waals surface area contributed by atoms with Crippen molar-refractivity contribution in [3.8, 4) is 0 Å². The lowest BCUT2D eigenvalue weighted by molar-refractivity contribution is 0.272. The number of rotatable bonds is 4. The van der Waals surface area contributed by atoms with Gasteiger partial charge in [0.2, 0.25) is 0 Å². The van der Waals surface area contributed by atoms with Gasteiger partial charge in [-0.25, -0.2) is 0 Å². The van der Waals surface area contributed by atoms with Crippen LogP contribution in [-0.4, -0.2) is 4.83 Å². The molecule has 2 aliphatic rings. The SMILES string of the molecule is CC1CCC(CCC(Br)C2CC2)CC1. The fourth-order valence-electron chi connectivity index (χ4n) is 2.71. The average molecular weight is 259 g/mol. The van der Waals surface area contributed by atoms with E-state index in [1.807, 2.05) is 0 Å². The zero-order valence-corrected chi connectivity index (χ0v) is 10.9. The monoisotopic (exact) mass is 258 g/mol. The number of alkyl halides is 1.